The van der Waals surface area contributed by atoms with E-state index in [-0.39, 0.29) is 13.2 Å². The number of hydrogen-bond acceptors (Lipinski definition) is 3. The molecule has 0 spiro atoms. The summed E-state index contributed by atoms with van der Waals surface area (Å²) in [6.07, 6.45) is 3.35. The Bertz CT molecular complexity index is 411. The lowest BCUT2D eigenvalue weighted by molar-refractivity contribution is 0.281. The Kier molecular flexibility index (Phi) is 2.43. The molecule has 0 aliphatic rings. The molecule has 3 nitrogen and oxygen atoms in total. The minimum absolute atomic E-state index is 0.00605. The van der Waals surface area contributed by atoms with Crippen LogP contribution in [0, 0.1) is 0 Å². The molecule has 1 aromatic heterocycles. The fourth-order valence-corrected chi connectivity index (χ4v) is 1.58. The summed E-state index contributed by atoms with van der Waals surface area (Å²) in [5, 5.41) is 20.1. The van der Waals surface area contributed by atoms with E-state index in [0.717, 1.165) is 21.9 Å². The second-order valence-corrected chi connectivity index (χ2v) is 3.13. The molecular weight excluding hydrogens is 178 g/mol. The van der Waals surface area contributed by atoms with Crippen LogP contribution < -0.4 is 0 Å². The number of fused-ring (bicyclic) bond motifs is 1. The van der Waals surface area contributed by atoms with E-state index >= 15 is 0 Å². The van der Waals surface area contributed by atoms with E-state index in [2.05, 4.69) is 4.98 Å². The van der Waals surface area contributed by atoms with Crippen molar-refractivity contribution in [2.24, 2.45) is 0 Å². The number of aliphatic hydroxyl groups excluding tert-OH is 2. The zero-order chi connectivity index (χ0) is 9.97. The minimum atomic E-state index is -0.0285. The largest absolute Gasteiger partial charge is 0.392 e. The van der Waals surface area contributed by atoms with Crippen LogP contribution in [0.1, 0.15) is 11.1 Å². The average Bonchev–Trinajstić information content (AvgIpc) is 2.27. The van der Waals surface area contributed by atoms with Crippen molar-refractivity contribution in [1.29, 1.82) is 0 Å². The van der Waals surface area contributed by atoms with Gasteiger partial charge in [0.25, 0.3) is 0 Å². The van der Waals surface area contributed by atoms with Crippen molar-refractivity contribution in [3.63, 3.8) is 0 Å². The lowest BCUT2D eigenvalue weighted by atomic mass is 10.0. The topological polar surface area (TPSA) is 53.4 Å². The third-order valence-corrected chi connectivity index (χ3v) is 2.32. The molecule has 0 saturated carbocycles. The quantitative estimate of drug-likeness (QED) is 0.746. The molecule has 0 aliphatic heterocycles. The van der Waals surface area contributed by atoms with Crippen LogP contribution in [-0.2, 0) is 13.2 Å². The molecule has 0 fully saturated rings. The highest BCUT2D eigenvalue weighted by Gasteiger charge is 2.03. The summed E-state index contributed by atoms with van der Waals surface area (Å²) in [7, 11) is 0. The van der Waals surface area contributed by atoms with Crippen molar-refractivity contribution in [2.75, 3.05) is 0 Å². The van der Waals surface area contributed by atoms with Crippen molar-refractivity contribution >= 4 is 10.8 Å². The standard InChI is InChI=1S/C11H11NO2/c13-6-8-2-1-3-10-9(7-14)4-12-5-11(8)10/h1-5,13-14H,6-7H2. The van der Waals surface area contributed by atoms with E-state index < -0.39 is 0 Å². The van der Waals surface area contributed by atoms with Gasteiger partial charge in [0.05, 0.1) is 13.2 Å². The summed E-state index contributed by atoms with van der Waals surface area (Å²) < 4.78 is 0. The first-order valence-corrected chi connectivity index (χ1v) is 4.43. The first-order valence-electron chi connectivity index (χ1n) is 4.43. The lowest BCUT2D eigenvalue weighted by Crippen LogP contribution is -1.91. The van der Waals surface area contributed by atoms with Crippen LogP contribution in [0.5, 0.6) is 0 Å². The van der Waals surface area contributed by atoms with E-state index in [4.69, 9.17) is 10.2 Å². The maximum Gasteiger partial charge on any atom is 0.0702 e. The van der Waals surface area contributed by atoms with Crippen molar-refractivity contribution in [2.45, 2.75) is 13.2 Å². The monoisotopic (exact) mass is 189 g/mol. The van der Waals surface area contributed by atoms with Crippen LogP contribution in [0.2, 0.25) is 0 Å². The smallest absolute Gasteiger partial charge is 0.0702 e. The summed E-state index contributed by atoms with van der Waals surface area (Å²) in [5.74, 6) is 0. The second-order valence-electron chi connectivity index (χ2n) is 3.13. The first kappa shape index (κ1) is 9.12. The van der Waals surface area contributed by atoms with Gasteiger partial charge in [-0.15, -0.1) is 0 Å². The highest BCUT2D eigenvalue weighted by atomic mass is 16.3. The molecule has 2 aromatic rings. The Morgan fingerprint density at radius 1 is 0.929 bits per heavy atom. The number of nitrogens with zero attached hydrogens (tertiary/aromatic N) is 1. The Hall–Kier alpha value is -1.45. The molecule has 14 heavy (non-hydrogen) atoms. The van der Waals surface area contributed by atoms with Crippen molar-refractivity contribution in [3.05, 3.63) is 41.7 Å². The number of aliphatic hydroxyl groups is 2. The van der Waals surface area contributed by atoms with E-state index in [1.165, 1.54) is 0 Å². The van der Waals surface area contributed by atoms with Crippen LogP contribution in [0.4, 0.5) is 0 Å². The second kappa shape index (κ2) is 3.74. The Balaban J connectivity index is 2.77. The molecule has 1 aromatic carbocycles. The Labute approximate surface area is 81.7 Å². The number of hydrogen-bond donors (Lipinski definition) is 2. The molecule has 0 atom stereocenters. The lowest BCUT2D eigenvalue weighted by Gasteiger charge is -2.06. The fourth-order valence-electron chi connectivity index (χ4n) is 1.58. The summed E-state index contributed by atoms with van der Waals surface area (Å²) in [5.41, 5.74) is 1.63. The first-order chi connectivity index (χ1) is 6.86. The zero-order valence-electron chi connectivity index (χ0n) is 7.64. The SMILES string of the molecule is OCc1cncc2c(CO)cccc12. The van der Waals surface area contributed by atoms with E-state index in [1.807, 2.05) is 18.2 Å². The molecule has 0 saturated heterocycles. The summed E-state index contributed by atoms with van der Waals surface area (Å²) in [6.45, 7) is -0.0346. The molecule has 3 heteroatoms. The molecule has 0 aliphatic carbocycles. The van der Waals surface area contributed by atoms with Gasteiger partial charge in [-0.1, -0.05) is 18.2 Å². The third kappa shape index (κ3) is 1.36. The van der Waals surface area contributed by atoms with Gasteiger partial charge in [-0.05, 0) is 10.9 Å². The van der Waals surface area contributed by atoms with Crippen LogP contribution in [0.3, 0.4) is 0 Å². The van der Waals surface area contributed by atoms with Gasteiger partial charge in [0, 0.05) is 23.3 Å². The van der Waals surface area contributed by atoms with Gasteiger partial charge in [0.15, 0.2) is 0 Å². The van der Waals surface area contributed by atoms with E-state index in [0.29, 0.717) is 0 Å². The normalized spacial score (nSPS) is 10.7. The molecule has 72 valence electrons. The maximum absolute atomic E-state index is 9.11. The molecular formula is C11H11NO2. The van der Waals surface area contributed by atoms with Crippen molar-refractivity contribution in [1.82, 2.24) is 4.98 Å². The van der Waals surface area contributed by atoms with E-state index in [1.54, 1.807) is 12.4 Å². The molecule has 2 N–H and O–H groups in total. The highest BCUT2D eigenvalue weighted by molar-refractivity contribution is 5.87. The molecule has 1 heterocycles. The van der Waals surface area contributed by atoms with Crippen LogP contribution in [0.25, 0.3) is 10.8 Å². The summed E-state index contributed by atoms with van der Waals surface area (Å²) in [4.78, 5) is 4.02. The molecule has 2 rings (SSSR count). The van der Waals surface area contributed by atoms with Gasteiger partial charge in [-0.3, -0.25) is 4.98 Å². The molecule has 0 bridgehead atoms. The molecule has 0 radical (unpaired) electrons. The van der Waals surface area contributed by atoms with Crippen LogP contribution in [-0.4, -0.2) is 15.2 Å². The molecule has 0 amide bonds. The summed E-state index contributed by atoms with van der Waals surface area (Å²) >= 11 is 0. The number of pyridine rings is 1. The third-order valence-electron chi connectivity index (χ3n) is 2.32. The number of rotatable bonds is 2. The van der Waals surface area contributed by atoms with Crippen molar-refractivity contribution in [3.8, 4) is 0 Å². The van der Waals surface area contributed by atoms with Crippen LogP contribution >= 0.6 is 0 Å². The zero-order valence-corrected chi connectivity index (χ0v) is 7.64. The molecule has 0 unspecified atom stereocenters. The Morgan fingerprint density at radius 3 is 2.43 bits per heavy atom. The number of aromatic nitrogens is 1. The predicted molar refractivity (Wildman–Crippen MR) is 53.6 cm³/mol. The summed E-state index contributed by atoms with van der Waals surface area (Å²) in [6, 6.07) is 5.64. The van der Waals surface area contributed by atoms with Gasteiger partial charge < -0.3 is 10.2 Å². The highest BCUT2D eigenvalue weighted by Crippen LogP contribution is 2.21. The van der Waals surface area contributed by atoms with Crippen LogP contribution in [0.15, 0.2) is 30.6 Å². The fraction of sp³-hybridized carbons (Fsp3) is 0.182. The van der Waals surface area contributed by atoms with Gasteiger partial charge >= 0.3 is 0 Å². The van der Waals surface area contributed by atoms with Crippen molar-refractivity contribution < 1.29 is 10.2 Å². The van der Waals surface area contributed by atoms with Gasteiger partial charge in [0.1, 0.15) is 0 Å². The Morgan fingerprint density at radius 2 is 1.71 bits per heavy atom. The minimum Gasteiger partial charge on any atom is -0.392 e. The number of benzene rings is 1. The maximum atomic E-state index is 9.11. The average molecular weight is 189 g/mol. The van der Waals surface area contributed by atoms with Gasteiger partial charge in [-0.25, -0.2) is 0 Å². The van der Waals surface area contributed by atoms with E-state index in [9.17, 15) is 0 Å². The van der Waals surface area contributed by atoms with Gasteiger partial charge in [0.2, 0.25) is 0 Å². The van der Waals surface area contributed by atoms with Gasteiger partial charge in [-0.2, -0.15) is 0 Å². The predicted octanol–water partition coefficient (Wildman–Crippen LogP) is 1.22.